The third-order valence-corrected chi connectivity index (χ3v) is 5.37. The van der Waals surface area contributed by atoms with Crippen molar-refractivity contribution in [3.63, 3.8) is 0 Å². The predicted molar refractivity (Wildman–Crippen MR) is 133 cm³/mol. The van der Waals surface area contributed by atoms with Crippen LogP contribution in [0.2, 0.25) is 0 Å². The lowest BCUT2D eigenvalue weighted by Crippen LogP contribution is -2.30. The molecule has 1 aromatic heterocycles. The molecule has 0 atom stereocenters. The molecule has 172 valence electrons. The third kappa shape index (κ3) is 4.99. The molecule has 0 aliphatic rings. The van der Waals surface area contributed by atoms with Crippen molar-refractivity contribution in [2.45, 2.75) is 13.5 Å². The minimum atomic E-state index is -0.580. The van der Waals surface area contributed by atoms with E-state index in [1.54, 1.807) is 25.6 Å². The smallest absolute Gasteiger partial charge is 0.276 e. The van der Waals surface area contributed by atoms with Crippen LogP contribution in [0, 0.1) is 0 Å². The quantitative estimate of drug-likeness (QED) is 0.319. The highest BCUT2D eigenvalue weighted by molar-refractivity contribution is 6.03. The van der Waals surface area contributed by atoms with Crippen LogP contribution in [-0.2, 0) is 6.54 Å². The molecule has 0 aliphatic carbocycles. The summed E-state index contributed by atoms with van der Waals surface area (Å²) in [5, 5.41) is 6.10. The van der Waals surface area contributed by atoms with E-state index in [0.717, 1.165) is 27.6 Å². The van der Waals surface area contributed by atoms with E-state index in [4.69, 9.17) is 9.47 Å². The molecule has 4 rings (SSSR count). The van der Waals surface area contributed by atoms with Crippen molar-refractivity contribution in [1.82, 2.24) is 9.99 Å². The molecule has 1 amide bonds. The second-order valence-electron chi connectivity index (χ2n) is 7.53. The Morgan fingerprint density at radius 1 is 1.03 bits per heavy atom. The molecule has 0 fully saturated rings. The first-order chi connectivity index (χ1) is 16.6. The van der Waals surface area contributed by atoms with Crippen molar-refractivity contribution >= 4 is 22.9 Å². The number of hydrazone groups is 1. The van der Waals surface area contributed by atoms with Crippen LogP contribution >= 0.6 is 0 Å². The SMILES string of the molecule is CCOc1ccc2ccccc2c1/C=N\NC(=O)c1cccn(Cc2ccc(OC)cc2)c1=O. The number of nitrogens with zero attached hydrogens (tertiary/aromatic N) is 2. The number of pyridine rings is 1. The number of rotatable bonds is 8. The molecule has 3 aromatic carbocycles. The summed E-state index contributed by atoms with van der Waals surface area (Å²) in [6.45, 7) is 2.74. The Labute approximate surface area is 197 Å². The molecule has 34 heavy (non-hydrogen) atoms. The summed E-state index contributed by atoms with van der Waals surface area (Å²) in [4.78, 5) is 25.6. The van der Waals surface area contributed by atoms with Gasteiger partial charge in [-0.05, 0) is 53.6 Å². The second kappa shape index (κ2) is 10.5. The summed E-state index contributed by atoms with van der Waals surface area (Å²) >= 11 is 0. The number of carbonyl (C=O) groups is 1. The van der Waals surface area contributed by atoms with Gasteiger partial charge in [0.05, 0.1) is 26.5 Å². The molecule has 4 aromatic rings. The first-order valence-electron chi connectivity index (χ1n) is 10.9. The zero-order valence-corrected chi connectivity index (χ0v) is 19.0. The van der Waals surface area contributed by atoms with E-state index in [1.807, 2.05) is 67.6 Å². The van der Waals surface area contributed by atoms with Gasteiger partial charge in [0.15, 0.2) is 0 Å². The van der Waals surface area contributed by atoms with Crippen LogP contribution < -0.4 is 20.5 Å². The average Bonchev–Trinajstić information content (AvgIpc) is 2.87. The Morgan fingerprint density at radius 2 is 1.82 bits per heavy atom. The van der Waals surface area contributed by atoms with Crippen molar-refractivity contribution in [3.05, 3.63) is 106 Å². The zero-order chi connectivity index (χ0) is 23.9. The van der Waals surface area contributed by atoms with Gasteiger partial charge in [-0.15, -0.1) is 0 Å². The number of methoxy groups -OCH3 is 1. The lowest BCUT2D eigenvalue weighted by molar-refractivity contribution is 0.0953. The van der Waals surface area contributed by atoms with E-state index < -0.39 is 11.5 Å². The normalized spacial score (nSPS) is 11.0. The van der Waals surface area contributed by atoms with Gasteiger partial charge in [-0.25, -0.2) is 5.43 Å². The summed E-state index contributed by atoms with van der Waals surface area (Å²) in [5.41, 5.74) is 3.76. The molecular formula is C27H25N3O4. The Morgan fingerprint density at radius 3 is 2.59 bits per heavy atom. The maximum absolute atomic E-state index is 12.9. The number of hydrogen-bond acceptors (Lipinski definition) is 5. The topological polar surface area (TPSA) is 81.9 Å². The van der Waals surface area contributed by atoms with E-state index in [1.165, 1.54) is 10.6 Å². The third-order valence-electron chi connectivity index (χ3n) is 5.37. The van der Waals surface area contributed by atoms with Gasteiger partial charge in [-0.3, -0.25) is 9.59 Å². The maximum atomic E-state index is 12.9. The van der Waals surface area contributed by atoms with Crippen LogP contribution in [-0.4, -0.2) is 30.4 Å². The number of fused-ring (bicyclic) bond motifs is 1. The molecule has 7 nitrogen and oxygen atoms in total. The Balaban J connectivity index is 1.54. The number of carbonyl (C=O) groups excluding carboxylic acids is 1. The lowest BCUT2D eigenvalue weighted by Gasteiger charge is -2.10. The molecule has 1 N–H and O–H groups in total. The Bertz CT molecular complexity index is 1390. The average molecular weight is 456 g/mol. The van der Waals surface area contributed by atoms with Gasteiger partial charge in [-0.1, -0.05) is 42.5 Å². The van der Waals surface area contributed by atoms with Crippen molar-refractivity contribution < 1.29 is 14.3 Å². The molecule has 1 heterocycles. The minimum Gasteiger partial charge on any atom is -0.497 e. The van der Waals surface area contributed by atoms with E-state index in [2.05, 4.69) is 10.5 Å². The summed E-state index contributed by atoms with van der Waals surface area (Å²) in [6.07, 6.45) is 3.20. The molecule has 0 aliphatic heterocycles. The largest absolute Gasteiger partial charge is 0.497 e. The summed E-state index contributed by atoms with van der Waals surface area (Å²) in [6, 6.07) is 22.3. The van der Waals surface area contributed by atoms with Crippen LogP contribution in [0.5, 0.6) is 11.5 Å². The highest BCUT2D eigenvalue weighted by atomic mass is 16.5. The number of aromatic nitrogens is 1. The van der Waals surface area contributed by atoms with Gasteiger partial charge in [0.1, 0.15) is 17.1 Å². The van der Waals surface area contributed by atoms with Crippen molar-refractivity contribution in [3.8, 4) is 11.5 Å². The number of amides is 1. The van der Waals surface area contributed by atoms with Gasteiger partial charge in [-0.2, -0.15) is 5.10 Å². The van der Waals surface area contributed by atoms with E-state index in [0.29, 0.717) is 18.9 Å². The summed E-state index contributed by atoms with van der Waals surface area (Å²) in [5.74, 6) is 0.824. The van der Waals surface area contributed by atoms with Crippen LogP contribution in [0.1, 0.15) is 28.4 Å². The monoisotopic (exact) mass is 455 g/mol. The predicted octanol–water partition coefficient (Wildman–Crippen LogP) is 4.22. The number of ether oxygens (including phenoxy) is 2. The van der Waals surface area contributed by atoms with Gasteiger partial charge >= 0.3 is 0 Å². The standard InChI is InChI=1S/C27H25N3O4/c1-3-34-25-15-12-20-7-4-5-8-22(20)24(25)17-28-29-26(31)23-9-6-16-30(27(23)32)18-19-10-13-21(33-2)14-11-19/h4-17H,3,18H2,1-2H3,(H,29,31)/b28-17-. The molecule has 0 saturated heterocycles. The first kappa shape index (κ1) is 22.8. The number of benzene rings is 3. The highest BCUT2D eigenvalue weighted by Gasteiger charge is 2.12. The van der Waals surface area contributed by atoms with Crippen molar-refractivity contribution in [1.29, 1.82) is 0 Å². The Hall–Kier alpha value is -4.39. The molecule has 0 spiro atoms. The van der Waals surface area contributed by atoms with Crippen LogP contribution in [0.15, 0.2) is 88.9 Å². The Kier molecular flexibility index (Phi) is 7.03. The van der Waals surface area contributed by atoms with Crippen LogP contribution in [0.4, 0.5) is 0 Å². The van der Waals surface area contributed by atoms with Gasteiger partial charge in [0.2, 0.25) is 0 Å². The molecular weight excluding hydrogens is 430 g/mol. The molecule has 0 saturated carbocycles. The minimum absolute atomic E-state index is 0.0103. The molecule has 0 unspecified atom stereocenters. The fourth-order valence-electron chi connectivity index (χ4n) is 3.67. The maximum Gasteiger partial charge on any atom is 0.276 e. The molecule has 0 radical (unpaired) electrons. The van der Waals surface area contributed by atoms with Crippen LogP contribution in [0.25, 0.3) is 10.8 Å². The van der Waals surface area contributed by atoms with E-state index >= 15 is 0 Å². The molecule has 0 bridgehead atoms. The zero-order valence-electron chi connectivity index (χ0n) is 19.0. The van der Waals surface area contributed by atoms with Crippen molar-refractivity contribution in [2.24, 2.45) is 5.10 Å². The van der Waals surface area contributed by atoms with Crippen molar-refractivity contribution in [2.75, 3.05) is 13.7 Å². The first-order valence-corrected chi connectivity index (χ1v) is 10.9. The van der Waals surface area contributed by atoms with E-state index in [-0.39, 0.29) is 5.56 Å². The van der Waals surface area contributed by atoms with Gasteiger partial charge < -0.3 is 14.0 Å². The second-order valence-corrected chi connectivity index (χ2v) is 7.53. The van der Waals surface area contributed by atoms with Crippen LogP contribution in [0.3, 0.4) is 0 Å². The summed E-state index contributed by atoms with van der Waals surface area (Å²) in [7, 11) is 1.60. The fraction of sp³-hybridized carbons (Fsp3) is 0.148. The highest BCUT2D eigenvalue weighted by Crippen LogP contribution is 2.26. The summed E-state index contributed by atoms with van der Waals surface area (Å²) < 4.78 is 12.4. The molecule has 7 heteroatoms. The fourth-order valence-corrected chi connectivity index (χ4v) is 3.67. The lowest BCUT2D eigenvalue weighted by atomic mass is 10.0. The van der Waals surface area contributed by atoms with E-state index in [9.17, 15) is 9.59 Å². The number of hydrogen-bond donors (Lipinski definition) is 1. The number of nitrogens with one attached hydrogen (secondary N) is 1. The van der Waals surface area contributed by atoms with Gasteiger partial charge in [0, 0.05) is 11.8 Å². The van der Waals surface area contributed by atoms with Gasteiger partial charge in [0.25, 0.3) is 11.5 Å².